The topological polar surface area (TPSA) is 122 Å². The predicted octanol–water partition coefficient (Wildman–Crippen LogP) is 6.30. The molecule has 0 unspecified atom stereocenters. The lowest BCUT2D eigenvalue weighted by Crippen LogP contribution is -1.95. The summed E-state index contributed by atoms with van der Waals surface area (Å²) in [6.07, 6.45) is 0. The Morgan fingerprint density at radius 2 is 1.11 bits per heavy atom. The first kappa shape index (κ1) is 31.3. The minimum absolute atomic E-state index is 0.0463. The molecule has 4 aromatic carbocycles. The standard InChI is InChI=1S/C15H11NO.C8H8O2.C7H4ClN.BHO/c1-11(17)14-4-2-3-5-15(14)13-8-6-12(10-16)7-9-13;1-6(9)7-4-2-3-5-8(7)10;8-7-3-1-6(5-9)2-4-7;1-2/h2-9H,1H3;2-5,10H,1H3;1-4H;2H. The Hall–Kier alpha value is -4.69. The van der Waals surface area contributed by atoms with Crippen molar-refractivity contribution in [3.8, 4) is 29.0 Å². The fraction of sp³-hybridized carbons (Fsp3) is 0.0667. The fourth-order valence-electron chi connectivity index (χ4n) is 3.06. The maximum atomic E-state index is 11.5. The minimum atomic E-state index is -0.113. The van der Waals surface area contributed by atoms with Gasteiger partial charge in [0.1, 0.15) is 5.75 Å². The number of aromatic hydroxyl groups is 1. The summed E-state index contributed by atoms with van der Waals surface area (Å²) in [7, 11) is 3.50. The van der Waals surface area contributed by atoms with E-state index in [1.165, 1.54) is 13.0 Å². The number of carbonyl (C=O) groups excluding carboxylic acids is 2. The summed E-state index contributed by atoms with van der Waals surface area (Å²) in [5.41, 5.74) is 4.20. The lowest BCUT2D eigenvalue weighted by atomic mass is 9.97. The number of rotatable bonds is 3. The highest BCUT2D eigenvalue weighted by molar-refractivity contribution is 6.30. The van der Waals surface area contributed by atoms with Gasteiger partial charge in [-0.05, 0) is 73.5 Å². The Bertz CT molecular complexity index is 1420. The molecule has 8 heteroatoms. The van der Waals surface area contributed by atoms with Crippen molar-refractivity contribution in [1.29, 1.82) is 10.5 Å². The number of phenols is 1. The van der Waals surface area contributed by atoms with Gasteiger partial charge in [-0.2, -0.15) is 10.5 Å². The van der Waals surface area contributed by atoms with Gasteiger partial charge in [-0.1, -0.05) is 60.1 Å². The average Bonchev–Trinajstić information content (AvgIpc) is 2.95. The molecule has 0 fully saturated rings. The number of Topliss-reactive ketones (excluding diaryl/α,β-unsaturated/α-hetero) is 2. The van der Waals surface area contributed by atoms with Crippen LogP contribution in [0.1, 0.15) is 45.7 Å². The molecule has 6 nitrogen and oxygen atoms in total. The molecule has 0 saturated heterocycles. The highest BCUT2D eigenvalue weighted by atomic mass is 35.5. The molecule has 0 aliphatic rings. The van der Waals surface area contributed by atoms with Crippen LogP contribution in [0, 0.1) is 22.7 Å². The molecule has 0 aliphatic heterocycles. The number of nitriles is 2. The van der Waals surface area contributed by atoms with Gasteiger partial charge >= 0.3 is 0 Å². The Balaban J connectivity index is 0.000000295. The molecule has 0 aromatic heterocycles. The van der Waals surface area contributed by atoms with Crippen molar-refractivity contribution in [2.75, 3.05) is 0 Å². The Kier molecular flexibility index (Phi) is 13.9. The number of ketones is 2. The van der Waals surface area contributed by atoms with Gasteiger partial charge in [0.15, 0.2) is 11.6 Å². The van der Waals surface area contributed by atoms with E-state index in [0.717, 1.165) is 11.1 Å². The number of hydrogen-bond donors (Lipinski definition) is 2. The highest BCUT2D eigenvalue weighted by Gasteiger charge is 2.08. The largest absolute Gasteiger partial charge is 0.507 e. The van der Waals surface area contributed by atoms with Crippen molar-refractivity contribution in [2.45, 2.75) is 13.8 Å². The maximum absolute atomic E-state index is 11.5. The van der Waals surface area contributed by atoms with Crippen LogP contribution in [0.3, 0.4) is 0 Å². The van der Waals surface area contributed by atoms with E-state index in [4.69, 9.17) is 32.3 Å². The lowest BCUT2D eigenvalue weighted by Gasteiger charge is -2.06. The number of benzene rings is 4. The molecule has 0 spiro atoms. The summed E-state index contributed by atoms with van der Waals surface area (Å²) in [4.78, 5) is 22.2. The monoisotopic (exact) mass is 522 g/mol. The molecule has 0 bridgehead atoms. The molecule has 0 aliphatic carbocycles. The van der Waals surface area contributed by atoms with Crippen molar-refractivity contribution in [1.82, 2.24) is 0 Å². The lowest BCUT2D eigenvalue weighted by molar-refractivity contribution is 0.100. The third-order valence-corrected chi connectivity index (χ3v) is 5.14. The van der Waals surface area contributed by atoms with E-state index in [9.17, 15) is 9.59 Å². The van der Waals surface area contributed by atoms with Gasteiger partial charge < -0.3 is 10.1 Å². The highest BCUT2D eigenvalue weighted by Crippen LogP contribution is 2.24. The van der Waals surface area contributed by atoms with E-state index in [2.05, 4.69) is 14.1 Å². The first-order valence-electron chi connectivity index (χ1n) is 11.1. The van der Waals surface area contributed by atoms with E-state index in [1.54, 1.807) is 61.5 Å². The van der Waals surface area contributed by atoms with Crippen LogP contribution in [0.15, 0.2) is 97.1 Å². The number of hydrogen-bond acceptors (Lipinski definition) is 6. The molecule has 0 amide bonds. The third-order valence-electron chi connectivity index (χ3n) is 4.89. The Morgan fingerprint density at radius 3 is 1.53 bits per heavy atom. The quantitative estimate of drug-likeness (QED) is 0.240. The number of carbonyl (C=O) groups is 2. The Labute approximate surface area is 228 Å². The third kappa shape index (κ3) is 10.1. The van der Waals surface area contributed by atoms with Crippen molar-refractivity contribution in [3.63, 3.8) is 0 Å². The molecule has 4 aromatic rings. The van der Waals surface area contributed by atoms with E-state index in [1.807, 2.05) is 42.5 Å². The van der Waals surface area contributed by atoms with Gasteiger partial charge in [0.05, 0.1) is 28.8 Å². The summed E-state index contributed by atoms with van der Waals surface area (Å²) in [5.74, 6) is -0.0157. The number of para-hydroxylation sites is 1. The summed E-state index contributed by atoms with van der Waals surface area (Å²) in [5, 5.41) is 33.3. The van der Waals surface area contributed by atoms with Crippen LogP contribution in [-0.4, -0.2) is 29.7 Å². The zero-order valence-electron chi connectivity index (χ0n) is 20.8. The molecule has 0 heterocycles. The molecule has 38 heavy (non-hydrogen) atoms. The summed E-state index contributed by atoms with van der Waals surface area (Å²) in [6, 6.07) is 32.0. The Morgan fingerprint density at radius 1 is 0.684 bits per heavy atom. The summed E-state index contributed by atoms with van der Waals surface area (Å²) < 4.78 is 0. The number of nitrogens with zero attached hydrogens (tertiary/aromatic N) is 2. The second-order valence-electron chi connectivity index (χ2n) is 7.48. The van der Waals surface area contributed by atoms with E-state index < -0.39 is 0 Å². The van der Waals surface area contributed by atoms with E-state index in [-0.39, 0.29) is 17.3 Å². The van der Waals surface area contributed by atoms with Crippen LogP contribution >= 0.6 is 11.6 Å². The zero-order chi connectivity index (χ0) is 28.5. The van der Waals surface area contributed by atoms with E-state index in [0.29, 0.717) is 27.3 Å². The summed E-state index contributed by atoms with van der Waals surface area (Å²) in [6.45, 7) is 2.98. The fourth-order valence-corrected chi connectivity index (χ4v) is 3.19. The molecular weight excluding hydrogens is 499 g/mol. The van der Waals surface area contributed by atoms with Crippen molar-refractivity contribution >= 4 is 31.2 Å². The van der Waals surface area contributed by atoms with Crippen molar-refractivity contribution in [3.05, 3.63) is 124 Å². The normalized spacial score (nSPS) is 8.89. The minimum Gasteiger partial charge on any atom is -0.507 e. The second-order valence-corrected chi connectivity index (χ2v) is 7.92. The summed E-state index contributed by atoms with van der Waals surface area (Å²) >= 11 is 5.56. The van der Waals surface area contributed by atoms with Gasteiger partial charge in [0.25, 0.3) is 8.05 Å². The van der Waals surface area contributed by atoms with Crippen LogP contribution in [0.25, 0.3) is 11.1 Å². The first-order chi connectivity index (χ1) is 18.3. The SMILES string of the molecule is CC(=O)c1ccccc1-c1ccc(C#N)cc1.CC(=O)c1ccccc1O.N#Cc1ccc(Cl)cc1.[B]O. The molecular formula is C30H24BClN2O4. The van der Waals surface area contributed by atoms with Gasteiger partial charge in [-0.25, -0.2) is 0 Å². The maximum Gasteiger partial charge on any atom is 0.277 e. The zero-order valence-corrected chi connectivity index (χ0v) is 21.6. The molecule has 2 radical (unpaired) electrons. The van der Waals surface area contributed by atoms with Crippen molar-refractivity contribution in [2.24, 2.45) is 0 Å². The van der Waals surface area contributed by atoms with Crippen LogP contribution in [0.2, 0.25) is 5.02 Å². The number of halogens is 1. The molecule has 0 atom stereocenters. The molecule has 2 N–H and O–H groups in total. The van der Waals surface area contributed by atoms with Crippen LogP contribution < -0.4 is 0 Å². The van der Waals surface area contributed by atoms with Gasteiger partial charge in [0, 0.05) is 10.6 Å². The predicted molar refractivity (Wildman–Crippen MR) is 149 cm³/mol. The first-order valence-corrected chi connectivity index (χ1v) is 11.5. The van der Waals surface area contributed by atoms with Crippen LogP contribution in [0.4, 0.5) is 0 Å². The van der Waals surface area contributed by atoms with Gasteiger partial charge in [-0.3, -0.25) is 9.59 Å². The molecule has 188 valence electrons. The van der Waals surface area contributed by atoms with Gasteiger partial charge in [0.2, 0.25) is 0 Å². The second kappa shape index (κ2) is 16.9. The average molecular weight is 523 g/mol. The smallest absolute Gasteiger partial charge is 0.277 e. The van der Waals surface area contributed by atoms with Crippen molar-refractivity contribution < 1.29 is 19.7 Å². The molecule has 4 rings (SSSR count). The van der Waals surface area contributed by atoms with Crippen LogP contribution in [-0.2, 0) is 0 Å². The van der Waals surface area contributed by atoms with Crippen LogP contribution in [0.5, 0.6) is 5.75 Å². The number of phenolic OH excluding ortho intramolecular Hbond substituents is 1. The molecule has 0 saturated carbocycles. The van der Waals surface area contributed by atoms with Gasteiger partial charge in [-0.15, -0.1) is 0 Å². The van der Waals surface area contributed by atoms with E-state index >= 15 is 0 Å².